The Morgan fingerprint density at radius 1 is 1.32 bits per heavy atom. The molecule has 1 aliphatic heterocycles. The van der Waals surface area contributed by atoms with Gasteiger partial charge in [0, 0.05) is 18.0 Å². The average molecular weight is 282 g/mol. The van der Waals surface area contributed by atoms with E-state index in [2.05, 4.69) is 0 Å². The third-order valence-corrected chi connectivity index (χ3v) is 3.36. The first-order chi connectivity index (χ1) is 8.99. The first kappa shape index (κ1) is 13.5. The summed E-state index contributed by atoms with van der Waals surface area (Å²) in [6.45, 7) is 0.222. The number of carbonyl (C=O) groups is 3. The van der Waals surface area contributed by atoms with Gasteiger partial charge in [0.1, 0.15) is 6.04 Å². The fourth-order valence-electron chi connectivity index (χ4n) is 2.13. The van der Waals surface area contributed by atoms with Crippen LogP contribution in [0.2, 0.25) is 5.02 Å². The van der Waals surface area contributed by atoms with Crippen LogP contribution in [0.15, 0.2) is 24.3 Å². The topological polar surface area (TPSA) is 74.7 Å². The second-order valence-corrected chi connectivity index (χ2v) is 4.81. The van der Waals surface area contributed by atoms with E-state index in [-0.39, 0.29) is 25.3 Å². The Morgan fingerprint density at radius 3 is 2.53 bits per heavy atom. The van der Waals surface area contributed by atoms with E-state index in [9.17, 15) is 14.4 Å². The Balaban J connectivity index is 2.16. The number of benzene rings is 1. The van der Waals surface area contributed by atoms with Crippen LogP contribution in [0.3, 0.4) is 0 Å². The number of aliphatic carboxylic acids is 1. The van der Waals surface area contributed by atoms with Gasteiger partial charge in [0.05, 0.1) is 0 Å². The summed E-state index contributed by atoms with van der Waals surface area (Å²) in [5.74, 6) is -2.63. The molecule has 0 aromatic heterocycles. The van der Waals surface area contributed by atoms with Crippen LogP contribution in [0.1, 0.15) is 18.4 Å². The highest BCUT2D eigenvalue weighted by molar-refractivity contribution is 6.35. The maximum absolute atomic E-state index is 11.7. The molecule has 1 atom stereocenters. The maximum atomic E-state index is 11.7. The number of hydrogen-bond donors (Lipinski definition) is 1. The van der Waals surface area contributed by atoms with Gasteiger partial charge in [-0.05, 0) is 24.1 Å². The van der Waals surface area contributed by atoms with Crippen molar-refractivity contribution in [3.05, 3.63) is 34.9 Å². The number of carbonyl (C=O) groups excluding carboxylic acids is 2. The molecule has 1 heterocycles. The smallest absolute Gasteiger partial charge is 0.374 e. The van der Waals surface area contributed by atoms with Crippen molar-refractivity contribution in [1.82, 2.24) is 4.90 Å². The molecule has 0 radical (unpaired) electrons. The summed E-state index contributed by atoms with van der Waals surface area (Å²) in [6, 6.07) is 6.00. The van der Waals surface area contributed by atoms with E-state index in [0.29, 0.717) is 5.02 Å². The van der Waals surface area contributed by atoms with Gasteiger partial charge in [-0.3, -0.25) is 9.59 Å². The molecule has 6 heteroatoms. The van der Waals surface area contributed by atoms with Gasteiger partial charge in [0.15, 0.2) is 0 Å². The molecular formula is C13H12ClNO4. The van der Waals surface area contributed by atoms with Crippen LogP contribution >= 0.6 is 11.6 Å². The van der Waals surface area contributed by atoms with Gasteiger partial charge in [-0.1, -0.05) is 23.7 Å². The lowest BCUT2D eigenvalue weighted by Crippen LogP contribution is -2.41. The predicted molar refractivity (Wildman–Crippen MR) is 67.7 cm³/mol. The number of halogens is 1. The highest BCUT2D eigenvalue weighted by Crippen LogP contribution is 2.23. The number of likely N-dealkylation sites (tertiary alicyclic amines) is 1. The quantitative estimate of drug-likeness (QED) is 0.849. The van der Waals surface area contributed by atoms with Gasteiger partial charge in [-0.2, -0.15) is 0 Å². The Labute approximate surface area is 114 Å². The molecule has 1 unspecified atom stereocenters. The minimum Gasteiger partial charge on any atom is -0.475 e. The lowest BCUT2D eigenvalue weighted by Gasteiger charge is -2.22. The van der Waals surface area contributed by atoms with Crippen molar-refractivity contribution in [2.45, 2.75) is 25.4 Å². The van der Waals surface area contributed by atoms with Crippen molar-refractivity contribution in [1.29, 1.82) is 0 Å². The van der Waals surface area contributed by atoms with Crippen molar-refractivity contribution in [2.75, 3.05) is 0 Å². The highest BCUT2D eigenvalue weighted by Gasteiger charge is 2.38. The van der Waals surface area contributed by atoms with Crippen molar-refractivity contribution in [3.63, 3.8) is 0 Å². The summed E-state index contributed by atoms with van der Waals surface area (Å²) >= 11 is 5.77. The van der Waals surface area contributed by atoms with Gasteiger partial charge >= 0.3 is 5.97 Å². The molecule has 0 spiro atoms. The SMILES string of the molecule is O=C(O)C(=O)C1CCC(=O)N1Cc1ccc(Cl)cc1. The standard InChI is InChI=1S/C13H12ClNO4/c14-9-3-1-8(2-4-9)7-15-10(5-6-11(15)16)12(17)13(18)19/h1-4,10H,5-7H2,(H,18,19). The first-order valence-electron chi connectivity index (χ1n) is 5.80. The van der Waals surface area contributed by atoms with E-state index >= 15 is 0 Å². The third-order valence-electron chi connectivity index (χ3n) is 3.11. The Hall–Kier alpha value is -1.88. The van der Waals surface area contributed by atoms with Gasteiger partial charge in [-0.15, -0.1) is 0 Å². The van der Waals surface area contributed by atoms with Crippen LogP contribution in [-0.4, -0.2) is 33.7 Å². The number of rotatable bonds is 4. The minimum absolute atomic E-state index is 0.199. The Bertz CT molecular complexity index is 526. The van der Waals surface area contributed by atoms with Crippen LogP contribution in [0.4, 0.5) is 0 Å². The number of amides is 1. The molecule has 1 aliphatic rings. The molecule has 0 saturated carbocycles. The van der Waals surface area contributed by atoms with Gasteiger partial charge < -0.3 is 10.0 Å². The fraction of sp³-hybridized carbons (Fsp3) is 0.308. The predicted octanol–water partition coefficient (Wildman–Crippen LogP) is 1.48. The monoisotopic (exact) mass is 281 g/mol. The van der Waals surface area contributed by atoms with Crippen LogP contribution in [0.25, 0.3) is 0 Å². The van der Waals surface area contributed by atoms with Crippen molar-refractivity contribution in [2.24, 2.45) is 0 Å². The Kier molecular flexibility index (Phi) is 3.85. The van der Waals surface area contributed by atoms with Crippen LogP contribution in [0, 0.1) is 0 Å². The van der Waals surface area contributed by atoms with Gasteiger partial charge in [0.25, 0.3) is 5.78 Å². The molecule has 1 fully saturated rings. The van der Waals surface area contributed by atoms with E-state index < -0.39 is 17.8 Å². The lowest BCUT2D eigenvalue weighted by molar-refractivity contribution is -0.152. The van der Waals surface area contributed by atoms with Crippen molar-refractivity contribution >= 4 is 29.3 Å². The van der Waals surface area contributed by atoms with Gasteiger partial charge in [0.2, 0.25) is 5.91 Å². The molecule has 1 saturated heterocycles. The summed E-state index contributed by atoms with van der Waals surface area (Å²) < 4.78 is 0. The van der Waals surface area contributed by atoms with Gasteiger partial charge in [-0.25, -0.2) is 4.79 Å². The molecule has 100 valence electrons. The largest absolute Gasteiger partial charge is 0.475 e. The molecule has 1 amide bonds. The second-order valence-electron chi connectivity index (χ2n) is 4.37. The third kappa shape index (κ3) is 2.93. The van der Waals surface area contributed by atoms with Crippen molar-refractivity contribution in [3.8, 4) is 0 Å². The number of nitrogens with zero attached hydrogens (tertiary/aromatic N) is 1. The normalized spacial score (nSPS) is 18.7. The molecule has 19 heavy (non-hydrogen) atoms. The van der Waals surface area contributed by atoms with E-state index in [0.717, 1.165) is 5.56 Å². The molecule has 0 aliphatic carbocycles. The fourth-order valence-corrected chi connectivity index (χ4v) is 2.26. The number of carboxylic acids is 1. The summed E-state index contributed by atoms with van der Waals surface area (Å²) in [6.07, 6.45) is 0.467. The molecule has 0 bridgehead atoms. The van der Waals surface area contributed by atoms with Crippen molar-refractivity contribution < 1.29 is 19.5 Å². The summed E-state index contributed by atoms with van der Waals surface area (Å²) in [5, 5.41) is 9.32. The van der Waals surface area contributed by atoms with E-state index in [1.54, 1.807) is 24.3 Å². The molecule has 1 aromatic carbocycles. The highest BCUT2D eigenvalue weighted by atomic mass is 35.5. The second kappa shape index (κ2) is 5.40. The number of hydrogen-bond acceptors (Lipinski definition) is 3. The van der Waals surface area contributed by atoms with E-state index in [4.69, 9.17) is 16.7 Å². The molecular weight excluding hydrogens is 270 g/mol. The lowest BCUT2D eigenvalue weighted by atomic mass is 10.1. The number of carboxylic acid groups (broad SMARTS) is 1. The molecule has 1 N–H and O–H groups in total. The van der Waals surface area contributed by atoms with E-state index in [1.807, 2.05) is 0 Å². The van der Waals surface area contributed by atoms with E-state index in [1.165, 1.54) is 4.90 Å². The molecule has 5 nitrogen and oxygen atoms in total. The summed E-state index contributed by atoms with van der Waals surface area (Å²) in [7, 11) is 0. The zero-order valence-electron chi connectivity index (χ0n) is 10.0. The molecule has 1 aromatic rings. The summed E-state index contributed by atoms with van der Waals surface area (Å²) in [5.41, 5.74) is 0.808. The maximum Gasteiger partial charge on any atom is 0.374 e. The van der Waals surface area contributed by atoms with Crippen LogP contribution < -0.4 is 0 Å². The zero-order chi connectivity index (χ0) is 14.0. The first-order valence-corrected chi connectivity index (χ1v) is 6.18. The average Bonchev–Trinajstić information content (AvgIpc) is 2.73. The zero-order valence-corrected chi connectivity index (χ0v) is 10.8. The van der Waals surface area contributed by atoms with Crippen LogP contribution in [-0.2, 0) is 20.9 Å². The number of ketones is 1. The van der Waals surface area contributed by atoms with Crippen LogP contribution in [0.5, 0.6) is 0 Å². The molecule has 2 rings (SSSR count). The minimum atomic E-state index is -1.50. The summed E-state index contributed by atoms with van der Waals surface area (Å²) in [4.78, 5) is 35.3. The number of Topliss-reactive ketones (excluding diaryl/α,β-unsaturated/α-hetero) is 1. The Morgan fingerprint density at radius 2 is 1.95 bits per heavy atom.